The second kappa shape index (κ2) is 6.04. The minimum atomic E-state index is -0.236. The van der Waals surface area contributed by atoms with Crippen molar-refractivity contribution in [3.05, 3.63) is 39.8 Å². The van der Waals surface area contributed by atoms with Gasteiger partial charge in [-0.1, -0.05) is 29.3 Å². The molecule has 0 saturated carbocycles. The van der Waals surface area contributed by atoms with Gasteiger partial charge in [-0.25, -0.2) is 4.98 Å². The number of rotatable bonds is 4. The van der Waals surface area contributed by atoms with E-state index in [1.54, 1.807) is 24.4 Å². The van der Waals surface area contributed by atoms with Crippen molar-refractivity contribution in [2.24, 2.45) is 0 Å². The lowest BCUT2D eigenvalue weighted by Crippen LogP contribution is -2.22. The van der Waals surface area contributed by atoms with Crippen LogP contribution in [0.2, 0.25) is 10.0 Å². The molecule has 0 spiro atoms. The molecule has 2 aromatic rings. The van der Waals surface area contributed by atoms with Crippen LogP contribution < -0.4 is 10.6 Å². The van der Waals surface area contributed by atoms with Gasteiger partial charge in [0.2, 0.25) is 5.91 Å². The molecule has 1 aromatic carbocycles. The lowest BCUT2D eigenvalue weighted by Gasteiger charge is -2.09. The normalized spacial score (nSPS) is 10.1. The summed E-state index contributed by atoms with van der Waals surface area (Å²) < 4.78 is 0. The Morgan fingerprint density at radius 2 is 2.06 bits per heavy atom. The fourth-order valence-electron chi connectivity index (χ4n) is 1.27. The Kier molecular flexibility index (Phi) is 4.41. The van der Waals surface area contributed by atoms with Gasteiger partial charge in [0.15, 0.2) is 5.13 Å². The third-order valence-corrected chi connectivity index (χ3v) is 3.42. The zero-order valence-corrected chi connectivity index (χ0v) is 11.4. The topological polar surface area (TPSA) is 54.0 Å². The maximum Gasteiger partial charge on any atom is 0.243 e. The summed E-state index contributed by atoms with van der Waals surface area (Å²) in [5.74, 6) is -0.236. The quantitative estimate of drug-likeness (QED) is 0.909. The highest BCUT2D eigenvalue weighted by Gasteiger charge is 2.09. The van der Waals surface area contributed by atoms with E-state index < -0.39 is 0 Å². The van der Waals surface area contributed by atoms with Gasteiger partial charge in [0.25, 0.3) is 0 Å². The maximum atomic E-state index is 11.7. The first-order valence-corrected chi connectivity index (χ1v) is 6.67. The molecule has 1 aromatic heterocycles. The summed E-state index contributed by atoms with van der Waals surface area (Å²) in [6.07, 6.45) is 1.66. The lowest BCUT2D eigenvalue weighted by atomic mass is 10.3. The highest BCUT2D eigenvalue weighted by molar-refractivity contribution is 7.13. The van der Waals surface area contributed by atoms with E-state index in [0.717, 1.165) is 0 Å². The van der Waals surface area contributed by atoms with Gasteiger partial charge < -0.3 is 10.6 Å². The maximum absolute atomic E-state index is 11.7. The molecule has 94 valence electrons. The first-order chi connectivity index (χ1) is 8.66. The summed E-state index contributed by atoms with van der Waals surface area (Å²) in [5, 5.41) is 8.87. The zero-order valence-electron chi connectivity index (χ0n) is 9.11. The molecule has 1 amide bonds. The molecular formula is C11H9Cl2N3OS. The van der Waals surface area contributed by atoms with Crippen molar-refractivity contribution in [2.75, 3.05) is 17.2 Å². The SMILES string of the molecule is O=C(CNc1nccs1)Nc1c(Cl)cccc1Cl. The number of aromatic nitrogens is 1. The number of thiazole rings is 1. The molecule has 4 nitrogen and oxygen atoms in total. The largest absolute Gasteiger partial charge is 0.352 e. The molecule has 0 aliphatic heterocycles. The van der Waals surface area contributed by atoms with Crippen LogP contribution in [0.5, 0.6) is 0 Å². The molecular weight excluding hydrogens is 293 g/mol. The number of benzene rings is 1. The van der Waals surface area contributed by atoms with Crippen molar-refractivity contribution >= 4 is 51.3 Å². The number of hydrogen-bond acceptors (Lipinski definition) is 4. The molecule has 18 heavy (non-hydrogen) atoms. The van der Waals surface area contributed by atoms with Crippen LogP contribution >= 0.6 is 34.5 Å². The summed E-state index contributed by atoms with van der Waals surface area (Å²) >= 11 is 13.3. The van der Waals surface area contributed by atoms with E-state index in [-0.39, 0.29) is 12.5 Å². The van der Waals surface area contributed by atoms with Gasteiger partial charge in [0.1, 0.15) is 0 Å². The third kappa shape index (κ3) is 3.35. The van der Waals surface area contributed by atoms with Crippen LogP contribution in [0, 0.1) is 0 Å². The van der Waals surface area contributed by atoms with E-state index in [4.69, 9.17) is 23.2 Å². The molecule has 0 atom stereocenters. The van der Waals surface area contributed by atoms with Crippen LogP contribution in [0.25, 0.3) is 0 Å². The summed E-state index contributed by atoms with van der Waals surface area (Å²) in [7, 11) is 0. The molecule has 0 fully saturated rings. The summed E-state index contributed by atoms with van der Waals surface area (Å²) in [6, 6.07) is 5.04. The molecule has 2 N–H and O–H groups in total. The number of carbonyl (C=O) groups is 1. The van der Waals surface area contributed by atoms with E-state index in [2.05, 4.69) is 15.6 Å². The Bertz CT molecular complexity index is 525. The molecule has 0 radical (unpaired) electrons. The fourth-order valence-corrected chi connectivity index (χ4v) is 2.29. The minimum absolute atomic E-state index is 0.106. The molecule has 1 heterocycles. The smallest absolute Gasteiger partial charge is 0.243 e. The average molecular weight is 302 g/mol. The van der Waals surface area contributed by atoms with Crippen LogP contribution in [-0.2, 0) is 4.79 Å². The second-order valence-corrected chi connectivity index (χ2v) is 5.04. The lowest BCUT2D eigenvalue weighted by molar-refractivity contribution is -0.114. The van der Waals surface area contributed by atoms with Gasteiger partial charge >= 0.3 is 0 Å². The summed E-state index contributed by atoms with van der Waals surface area (Å²) in [4.78, 5) is 15.7. The minimum Gasteiger partial charge on any atom is -0.352 e. The van der Waals surface area contributed by atoms with E-state index in [0.29, 0.717) is 20.9 Å². The van der Waals surface area contributed by atoms with Gasteiger partial charge in [0.05, 0.1) is 22.3 Å². The van der Waals surface area contributed by atoms with Crippen molar-refractivity contribution in [3.63, 3.8) is 0 Å². The Morgan fingerprint density at radius 1 is 1.33 bits per heavy atom. The number of hydrogen-bond donors (Lipinski definition) is 2. The monoisotopic (exact) mass is 301 g/mol. The first-order valence-electron chi connectivity index (χ1n) is 5.04. The number of nitrogens with one attached hydrogen (secondary N) is 2. The van der Waals surface area contributed by atoms with Gasteiger partial charge in [-0.3, -0.25) is 4.79 Å². The van der Waals surface area contributed by atoms with E-state index in [9.17, 15) is 4.79 Å². The molecule has 2 rings (SSSR count). The second-order valence-electron chi connectivity index (χ2n) is 3.34. The van der Waals surface area contributed by atoms with E-state index in [1.807, 2.05) is 5.38 Å². The van der Waals surface area contributed by atoms with Crippen molar-refractivity contribution in [2.45, 2.75) is 0 Å². The highest BCUT2D eigenvalue weighted by Crippen LogP contribution is 2.29. The Hall–Kier alpha value is -1.30. The molecule has 7 heteroatoms. The van der Waals surface area contributed by atoms with Crippen molar-refractivity contribution < 1.29 is 4.79 Å². The van der Waals surface area contributed by atoms with Crippen molar-refractivity contribution in [1.82, 2.24) is 4.98 Å². The standard InChI is InChI=1S/C11H9Cl2N3OS/c12-7-2-1-3-8(13)10(7)16-9(17)6-15-11-14-4-5-18-11/h1-5H,6H2,(H,14,15)(H,16,17). The average Bonchev–Trinajstić information content (AvgIpc) is 2.84. The molecule has 0 saturated heterocycles. The Morgan fingerprint density at radius 3 is 2.67 bits per heavy atom. The Balaban J connectivity index is 1.95. The number of nitrogens with zero attached hydrogens (tertiary/aromatic N) is 1. The molecule has 0 unspecified atom stereocenters. The number of amides is 1. The summed E-state index contributed by atoms with van der Waals surface area (Å²) in [6.45, 7) is 0.106. The van der Waals surface area contributed by atoms with Crippen molar-refractivity contribution in [3.8, 4) is 0 Å². The highest BCUT2D eigenvalue weighted by atomic mass is 35.5. The van der Waals surface area contributed by atoms with Crippen LogP contribution in [-0.4, -0.2) is 17.4 Å². The molecule has 0 aliphatic rings. The summed E-state index contributed by atoms with van der Waals surface area (Å²) in [5.41, 5.74) is 0.423. The van der Waals surface area contributed by atoms with E-state index in [1.165, 1.54) is 11.3 Å². The fraction of sp³-hybridized carbons (Fsp3) is 0.0909. The van der Waals surface area contributed by atoms with Gasteiger partial charge in [0, 0.05) is 11.6 Å². The predicted octanol–water partition coefficient (Wildman–Crippen LogP) is 3.50. The predicted molar refractivity (Wildman–Crippen MR) is 75.7 cm³/mol. The van der Waals surface area contributed by atoms with Crippen LogP contribution in [0.4, 0.5) is 10.8 Å². The van der Waals surface area contributed by atoms with Crippen LogP contribution in [0.3, 0.4) is 0 Å². The van der Waals surface area contributed by atoms with Gasteiger partial charge in [-0.15, -0.1) is 11.3 Å². The number of para-hydroxylation sites is 1. The first kappa shape index (κ1) is 13.1. The zero-order chi connectivity index (χ0) is 13.0. The van der Waals surface area contributed by atoms with Gasteiger partial charge in [-0.05, 0) is 12.1 Å². The van der Waals surface area contributed by atoms with E-state index >= 15 is 0 Å². The molecule has 0 bridgehead atoms. The van der Waals surface area contributed by atoms with Gasteiger partial charge in [-0.2, -0.15) is 0 Å². The Labute approximate surface area is 118 Å². The van der Waals surface area contributed by atoms with Crippen molar-refractivity contribution in [1.29, 1.82) is 0 Å². The third-order valence-electron chi connectivity index (χ3n) is 2.06. The van der Waals surface area contributed by atoms with Crippen LogP contribution in [0.15, 0.2) is 29.8 Å². The number of halogens is 2. The number of anilines is 2. The molecule has 0 aliphatic carbocycles. The van der Waals surface area contributed by atoms with Crippen LogP contribution in [0.1, 0.15) is 0 Å². The number of carbonyl (C=O) groups excluding carboxylic acids is 1.